The van der Waals surface area contributed by atoms with Crippen molar-refractivity contribution in [3.05, 3.63) is 0 Å². The van der Waals surface area contributed by atoms with Crippen molar-refractivity contribution in [1.82, 2.24) is 0 Å². The largest absolute Gasteiger partial charge is 0.373 e. The molecular weight excluding hydrogens is 108 g/mol. The van der Waals surface area contributed by atoms with Crippen LogP contribution >= 0.6 is 11.8 Å². The predicted octanol–water partition coefficient (Wildman–Crippen LogP) is 0.891. The number of ether oxygens (including phenoxy) is 1. The Balaban J connectivity index is 1.99. The summed E-state index contributed by atoms with van der Waals surface area (Å²) >= 11 is 2.03. The Morgan fingerprint density at radius 2 is 1.86 bits per heavy atom. The minimum atomic E-state index is 0.642. The van der Waals surface area contributed by atoms with Crippen LogP contribution in [0.4, 0.5) is 0 Å². The highest BCUT2D eigenvalue weighted by Crippen LogP contribution is 2.32. The summed E-state index contributed by atoms with van der Waals surface area (Å²) in [5.41, 5.74) is 0. The first kappa shape index (κ1) is 4.21. The zero-order valence-electron chi connectivity index (χ0n) is 4.09. The molecule has 0 aromatic heterocycles. The molecule has 0 radical (unpaired) electrons. The number of rotatable bonds is 0. The van der Waals surface area contributed by atoms with Crippen molar-refractivity contribution in [2.24, 2.45) is 0 Å². The molecule has 2 atom stereocenters. The Morgan fingerprint density at radius 3 is 2.00 bits per heavy atom. The summed E-state index contributed by atoms with van der Waals surface area (Å²) in [6.07, 6.45) is 2.62. The van der Waals surface area contributed by atoms with E-state index in [-0.39, 0.29) is 0 Å². The standard InChI is InChI=1S/C5H8OS/c1-4-2-7-3-5(1)6-4/h4-5H,1-3H2. The average Bonchev–Trinajstić information content (AvgIpc) is 1.67. The van der Waals surface area contributed by atoms with Gasteiger partial charge in [0, 0.05) is 17.9 Å². The van der Waals surface area contributed by atoms with Gasteiger partial charge in [0.2, 0.25) is 0 Å². The van der Waals surface area contributed by atoms with Gasteiger partial charge in [0.15, 0.2) is 0 Å². The summed E-state index contributed by atoms with van der Waals surface area (Å²) in [6, 6.07) is 0. The lowest BCUT2D eigenvalue weighted by Gasteiger charge is -2.40. The van der Waals surface area contributed by atoms with Crippen molar-refractivity contribution in [3.63, 3.8) is 0 Å². The fourth-order valence-electron chi connectivity index (χ4n) is 1.10. The van der Waals surface area contributed by atoms with Crippen LogP contribution in [0.25, 0.3) is 0 Å². The van der Waals surface area contributed by atoms with Crippen LogP contribution in [0.5, 0.6) is 0 Å². The van der Waals surface area contributed by atoms with E-state index in [4.69, 9.17) is 4.74 Å². The molecular formula is C5H8OS. The summed E-state index contributed by atoms with van der Waals surface area (Å²) < 4.78 is 5.35. The van der Waals surface area contributed by atoms with Crippen LogP contribution in [0.1, 0.15) is 6.42 Å². The molecule has 0 N–H and O–H groups in total. The van der Waals surface area contributed by atoms with Crippen LogP contribution in [0.2, 0.25) is 0 Å². The lowest BCUT2D eigenvalue weighted by atomic mass is 10.1. The molecule has 2 bridgehead atoms. The Labute approximate surface area is 47.4 Å². The summed E-state index contributed by atoms with van der Waals surface area (Å²) in [4.78, 5) is 0. The number of fused-ring (bicyclic) bond motifs is 2. The second-order valence-corrected chi connectivity index (χ2v) is 3.23. The van der Waals surface area contributed by atoms with Crippen LogP contribution in [0, 0.1) is 0 Å². The summed E-state index contributed by atoms with van der Waals surface area (Å²) in [5.74, 6) is 2.49. The summed E-state index contributed by atoms with van der Waals surface area (Å²) in [6.45, 7) is 0. The molecule has 3 aliphatic heterocycles. The molecule has 0 aromatic carbocycles. The molecule has 0 amide bonds. The monoisotopic (exact) mass is 116 g/mol. The van der Waals surface area contributed by atoms with Crippen molar-refractivity contribution in [2.45, 2.75) is 18.6 Å². The Morgan fingerprint density at radius 1 is 1.29 bits per heavy atom. The Bertz CT molecular complexity index is 64.6. The molecule has 3 heterocycles. The maximum atomic E-state index is 5.35. The Hall–Kier alpha value is 0.310. The maximum Gasteiger partial charge on any atom is 0.0694 e. The first-order chi connectivity index (χ1) is 3.45. The van der Waals surface area contributed by atoms with Gasteiger partial charge in [-0.3, -0.25) is 0 Å². The summed E-state index contributed by atoms with van der Waals surface area (Å²) in [7, 11) is 0. The molecule has 3 saturated heterocycles. The van der Waals surface area contributed by atoms with Gasteiger partial charge in [-0.2, -0.15) is 11.8 Å². The van der Waals surface area contributed by atoms with Crippen LogP contribution in [-0.2, 0) is 4.74 Å². The van der Waals surface area contributed by atoms with Gasteiger partial charge in [0.05, 0.1) is 12.2 Å². The molecule has 40 valence electrons. The van der Waals surface area contributed by atoms with Gasteiger partial charge < -0.3 is 4.74 Å². The van der Waals surface area contributed by atoms with Crippen molar-refractivity contribution in [1.29, 1.82) is 0 Å². The van der Waals surface area contributed by atoms with Crippen LogP contribution < -0.4 is 0 Å². The highest BCUT2D eigenvalue weighted by molar-refractivity contribution is 7.99. The van der Waals surface area contributed by atoms with Gasteiger partial charge in [-0.25, -0.2) is 0 Å². The highest BCUT2D eigenvalue weighted by Gasteiger charge is 2.33. The van der Waals surface area contributed by atoms with Gasteiger partial charge in [-0.15, -0.1) is 0 Å². The smallest absolute Gasteiger partial charge is 0.0694 e. The zero-order chi connectivity index (χ0) is 4.69. The fourth-order valence-corrected chi connectivity index (χ4v) is 2.19. The second kappa shape index (κ2) is 1.39. The number of hydrogen-bond acceptors (Lipinski definition) is 2. The van der Waals surface area contributed by atoms with Gasteiger partial charge in [0.1, 0.15) is 0 Å². The first-order valence-electron chi connectivity index (χ1n) is 2.68. The fraction of sp³-hybridized carbons (Fsp3) is 1.00. The third-order valence-electron chi connectivity index (χ3n) is 1.52. The van der Waals surface area contributed by atoms with Crippen molar-refractivity contribution in [3.8, 4) is 0 Å². The SMILES string of the molecule is C1SCC2CC1O2. The van der Waals surface area contributed by atoms with Gasteiger partial charge in [0.25, 0.3) is 0 Å². The maximum absolute atomic E-state index is 5.35. The molecule has 2 unspecified atom stereocenters. The molecule has 0 aliphatic carbocycles. The predicted molar refractivity (Wildman–Crippen MR) is 30.6 cm³/mol. The van der Waals surface area contributed by atoms with Crippen molar-refractivity contribution in [2.75, 3.05) is 11.5 Å². The summed E-state index contributed by atoms with van der Waals surface area (Å²) in [5, 5.41) is 0. The first-order valence-corrected chi connectivity index (χ1v) is 3.84. The molecule has 3 fully saturated rings. The minimum absolute atomic E-state index is 0.642. The second-order valence-electron chi connectivity index (χ2n) is 2.15. The molecule has 7 heavy (non-hydrogen) atoms. The number of thioether (sulfide) groups is 1. The van der Waals surface area contributed by atoms with Crippen LogP contribution in [0.15, 0.2) is 0 Å². The molecule has 0 saturated carbocycles. The van der Waals surface area contributed by atoms with E-state index < -0.39 is 0 Å². The van der Waals surface area contributed by atoms with Crippen LogP contribution in [0.3, 0.4) is 0 Å². The van der Waals surface area contributed by atoms with E-state index in [9.17, 15) is 0 Å². The van der Waals surface area contributed by atoms with E-state index in [1.807, 2.05) is 11.8 Å². The lowest BCUT2D eigenvalue weighted by Crippen LogP contribution is -2.44. The molecule has 1 nitrogen and oxygen atoms in total. The molecule has 3 rings (SSSR count). The van der Waals surface area contributed by atoms with E-state index in [1.54, 1.807) is 0 Å². The minimum Gasteiger partial charge on any atom is -0.373 e. The molecule has 2 heteroatoms. The van der Waals surface area contributed by atoms with E-state index in [0.717, 1.165) is 0 Å². The average molecular weight is 116 g/mol. The Kier molecular flexibility index (Phi) is 0.837. The van der Waals surface area contributed by atoms with E-state index in [2.05, 4.69) is 0 Å². The molecule has 0 spiro atoms. The van der Waals surface area contributed by atoms with Gasteiger partial charge >= 0.3 is 0 Å². The van der Waals surface area contributed by atoms with Gasteiger partial charge in [-0.05, 0) is 0 Å². The topological polar surface area (TPSA) is 9.23 Å². The van der Waals surface area contributed by atoms with E-state index in [1.165, 1.54) is 17.9 Å². The third-order valence-corrected chi connectivity index (χ3v) is 2.73. The normalized spacial score (nSPS) is 48.0. The van der Waals surface area contributed by atoms with Crippen molar-refractivity contribution >= 4 is 11.8 Å². The highest BCUT2D eigenvalue weighted by atomic mass is 32.2. The third kappa shape index (κ3) is 0.572. The quantitative estimate of drug-likeness (QED) is 0.465. The molecule has 3 aliphatic rings. The van der Waals surface area contributed by atoms with Crippen LogP contribution in [-0.4, -0.2) is 23.7 Å². The number of hydrogen-bond donors (Lipinski definition) is 0. The van der Waals surface area contributed by atoms with E-state index in [0.29, 0.717) is 12.2 Å². The van der Waals surface area contributed by atoms with E-state index >= 15 is 0 Å². The van der Waals surface area contributed by atoms with Gasteiger partial charge in [-0.1, -0.05) is 0 Å². The lowest BCUT2D eigenvalue weighted by molar-refractivity contribution is -0.103. The zero-order valence-corrected chi connectivity index (χ0v) is 4.91. The molecule has 0 aromatic rings. The van der Waals surface area contributed by atoms with Crippen molar-refractivity contribution < 1.29 is 4.74 Å².